The first kappa shape index (κ1) is 12.9. The van der Waals surface area contributed by atoms with Gasteiger partial charge in [0.1, 0.15) is 11.5 Å². The Balaban J connectivity index is 2.69. The molecule has 0 aliphatic carbocycles. The summed E-state index contributed by atoms with van der Waals surface area (Å²) in [5.74, 6) is 1.80. The molecule has 1 rings (SSSR count). The largest absolute Gasteiger partial charge is 0.497 e. The van der Waals surface area contributed by atoms with E-state index in [1.54, 1.807) is 7.11 Å². The summed E-state index contributed by atoms with van der Waals surface area (Å²) in [4.78, 5) is 0. The van der Waals surface area contributed by atoms with Crippen LogP contribution >= 0.6 is 0 Å². The van der Waals surface area contributed by atoms with Crippen molar-refractivity contribution in [1.82, 2.24) is 0 Å². The molecule has 1 aromatic carbocycles. The molecule has 0 aromatic heterocycles. The van der Waals surface area contributed by atoms with Crippen LogP contribution in [-0.2, 0) is 6.42 Å². The minimum atomic E-state index is 0.696. The summed E-state index contributed by atoms with van der Waals surface area (Å²) in [5, 5.41) is 0. The molecule has 0 atom stereocenters. The quantitative estimate of drug-likeness (QED) is 0.653. The van der Waals surface area contributed by atoms with Gasteiger partial charge in [0.2, 0.25) is 0 Å². The van der Waals surface area contributed by atoms with E-state index in [9.17, 15) is 0 Å². The first-order valence-corrected chi connectivity index (χ1v) is 6.10. The molecule has 0 amide bonds. The molecule has 0 N–H and O–H groups in total. The molecule has 16 heavy (non-hydrogen) atoms. The second kappa shape index (κ2) is 7.15. The molecule has 0 saturated carbocycles. The average Bonchev–Trinajstić information content (AvgIpc) is 2.29. The summed E-state index contributed by atoms with van der Waals surface area (Å²) < 4.78 is 10.8. The first-order chi connectivity index (χ1) is 7.80. The SMILES string of the molecule is CCCCCc1cc(OC)cc(OCC)c1. The van der Waals surface area contributed by atoms with E-state index in [-0.39, 0.29) is 0 Å². The number of aryl methyl sites for hydroxylation is 1. The third kappa shape index (κ3) is 4.13. The van der Waals surface area contributed by atoms with Crippen LogP contribution in [0.1, 0.15) is 38.7 Å². The van der Waals surface area contributed by atoms with Gasteiger partial charge in [-0.3, -0.25) is 0 Å². The van der Waals surface area contributed by atoms with Crippen LogP contribution in [-0.4, -0.2) is 13.7 Å². The van der Waals surface area contributed by atoms with Crippen molar-refractivity contribution < 1.29 is 9.47 Å². The van der Waals surface area contributed by atoms with Gasteiger partial charge < -0.3 is 9.47 Å². The molecule has 0 spiro atoms. The van der Waals surface area contributed by atoms with Crippen molar-refractivity contribution >= 4 is 0 Å². The zero-order valence-electron chi connectivity index (χ0n) is 10.6. The van der Waals surface area contributed by atoms with Gasteiger partial charge in [-0.25, -0.2) is 0 Å². The predicted molar refractivity (Wildman–Crippen MR) is 67.4 cm³/mol. The Morgan fingerprint density at radius 1 is 1.00 bits per heavy atom. The highest BCUT2D eigenvalue weighted by Crippen LogP contribution is 2.24. The van der Waals surface area contributed by atoms with Crippen LogP contribution in [0.3, 0.4) is 0 Å². The second-order valence-corrected chi connectivity index (χ2v) is 3.91. The summed E-state index contributed by atoms with van der Waals surface area (Å²) in [6.45, 7) is 4.91. The maximum atomic E-state index is 5.52. The van der Waals surface area contributed by atoms with Crippen LogP contribution in [0.15, 0.2) is 18.2 Å². The van der Waals surface area contributed by atoms with Crippen molar-refractivity contribution in [1.29, 1.82) is 0 Å². The maximum absolute atomic E-state index is 5.52. The fourth-order valence-electron chi connectivity index (χ4n) is 1.72. The third-order valence-electron chi connectivity index (χ3n) is 2.56. The fourth-order valence-corrected chi connectivity index (χ4v) is 1.72. The lowest BCUT2D eigenvalue weighted by molar-refractivity contribution is 0.335. The van der Waals surface area contributed by atoms with Gasteiger partial charge in [-0.2, -0.15) is 0 Å². The fraction of sp³-hybridized carbons (Fsp3) is 0.571. The zero-order valence-corrected chi connectivity index (χ0v) is 10.6. The molecule has 0 fully saturated rings. The van der Waals surface area contributed by atoms with Gasteiger partial charge in [0.25, 0.3) is 0 Å². The van der Waals surface area contributed by atoms with Crippen molar-refractivity contribution in [3.05, 3.63) is 23.8 Å². The van der Waals surface area contributed by atoms with Gasteiger partial charge in [-0.15, -0.1) is 0 Å². The van der Waals surface area contributed by atoms with E-state index < -0.39 is 0 Å². The zero-order chi connectivity index (χ0) is 11.8. The van der Waals surface area contributed by atoms with Crippen LogP contribution in [0.4, 0.5) is 0 Å². The molecule has 0 aliphatic rings. The third-order valence-corrected chi connectivity index (χ3v) is 2.56. The van der Waals surface area contributed by atoms with Gasteiger partial charge in [0.15, 0.2) is 0 Å². The number of methoxy groups -OCH3 is 1. The van der Waals surface area contributed by atoms with Crippen LogP contribution in [0.5, 0.6) is 11.5 Å². The van der Waals surface area contributed by atoms with Gasteiger partial charge in [-0.05, 0) is 37.5 Å². The summed E-state index contributed by atoms with van der Waals surface area (Å²) in [7, 11) is 1.70. The molecule has 0 radical (unpaired) electrons. The molecule has 1 aromatic rings. The molecule has 0 bridgehead atoms. The Labute approximate surface area is 98.6 Å². The highest BCUT2D eigenvalue weighted by atomic mass is 16.5. The van der Waals surface area contributed by atoms with E-state index in [1.807, 2.05) is 13.0 Å². The van der Waals surface area contributed by atoms with Crippen LogP contribution < -0.4 is 9.47 Å². The predicted octanol–water partition coefficient (Wildman–Crippen LogP) is 3.83. The van der Waals surface area contributed by atoms with E-state index in [2.05, 4.69) is 19.1 Å². The number of hydrogen-bond acceptors (Lipinski definition) is 2. The number of rotatable bonds is 7. The van der Waals surface area contributed by atoms with Gasteiger partial charge in [-0.1, -0.05) is 19.8 Å². The molecular weight excluding hydrogens is 200 g/mol. The van der Waals surface area contributed by atoms with Crippen LogP contribution in [0.2, 0.25) is 0 Å². The Bertz CT molecular complexity index is 308. The van der Waals surface area contributed by atoms with Crippen LogP contribution in [0, 0.1) is 0 Å². The van der Waals surface area contributed by atoms with Crippen molar-refractivity contribution in [3.8, 4) is 11.5 Å². The van der Waals surface area contributed by atoms with Crippen molar-refractivity contribution in [3.63, 3.8) is 0 Å². The Kier molecular flexibility index (Phi) is 5.76. The molecule has 0 heterocycles. The monoisotopic (exact) mass is 222 g/mol. The standard InChI is InChI=1S/C14H22O2/c1-4-6-7-8-12-9-13(15-3)11-14(10-12)16-5-2/h9-11H,4-8H2,1-3H3. The summed E-state index contributed by atoms with van der Waals surface area (Å²) in [6, 6.07) is 6.15. The highest BCUT2D eigenvalue weighted by Gasteiger charge is 2.02. The number of ether oxygens (including phenoxy) is 2. The summed E-state index contributed by atoms with van der Waals surface area (Å²) in [6.07, 6.45) is 4.86. The Morgan fingerprint density at radius 2 is 1.75 bits per heavy atom. The first-order valence-electron chi connectivity index (χ1n) is 6.10. The number of hydrogen-bond donors (Lipinski definition) is 0. The van der Waals surface area contributed by atoms with E-state index in [0.717, 1.165) is 17.9 Å². The average molecular weight is 222 g/mol. The lowest BCUT2D eigenvalue weighted by atomic mass is 10.1. The Morgan fingerprint density at radius 3 is 2.38 bits per heavy atom. The molecule has 90 valence electrons. The van der Waals surface area contributed by atoms with Crippen molar-refractivity contribution in [2.24, 2.45) is 0 Å². The molecule has 0 saturated heterocycles. The lowest BCUT2D eigenvalue weighted by Crippen LogP contribution is -1.95. The van der Waals surface area contributed by atoms with Gasteiger partial charge in [0.05, 0.1) is 13.7 Å². The molecular formula is C14H22O2. The minimum Gasteiger partial charge on any atom is -0.497 e. The topological polar surface area (TPSA) is 18.5 Å². The number of unbranched alkanes of at least 4 members (excludes halogenated alkanes) is 2. The molecule has 0 unspecified atom stereocenters. The minimum absolute atomic E-state index is 0.696. The molecule has 0 aliphatic heterocycles. The van der Waals surface area contributed by atoms with E-state index >= 15 is 0 Å². The highest BCUT2D eigenvalue weighted by molar-refractivity contribution is 5.38. The summed E-state index contributed by atoms with van der Waals surface area (Å²) in [5.41, 5.74) is 1.30. The van der Waals surface area contributed by atoms with Crippen LogP contribution in [0.25, 0.3) is 0 Å². The normalized spacial score (nSPS) is 10.2. The van der Waals surface area contributed by atoms with E-state index in [1.165, 1.54) is 24.8 Å². The maximum Gasteiger partial charge on any atom is 0.123 e. The molecule has 2 nitrogen and oxygen atoms in total. The van der Waals surface area contributed by atoms with Crippen molar-refractivity contribution in [2.75, 3.05) is 13.7 Å². The molecule has 2 heteroatoms. The smallest absolute Gasteiger partial charge is 0.123 e. The summed E-state index contributed by atoms with van der Waals surface area (Å²) >= 11 is 0. The van der Waals surface area contributed by atoms with Gasteiger partial charge in [0, 0.05) is 6.07 Å². The second-order valence-electron chi connectivity index (χ2n) is 3.91. The van der Waals surface area contributed by atoms with E-state index in [4.69, 9.17) is 9.47 Å². The van der Waals surface area contributed by atoms with E-state index in [0.29, 0.717) is 6.61 Å². The lowest BCUT2D eigenvalue weighted by Gasteiger charge is -2.09. The number of benzene rings is 1. The van der Waals surface area contributed by atoms with Gasteiger partial charge >= 0.3 is 0 Å². The Hall–Kier alpha value is -1.18. The van der Waals surface area contributed by atoms with Crippen molar-refractivity contribution in [2.45, 2.75) is 39.5 Å².